The number of hydrogen-bond acceptors (Lipinski definition) is 2. The van der Waals surface area contributed by atoms with Crippen LogP contribution in [0.3, 0.4) is 0 Å². The standard InChI is InChI=1S/C48H30N4/c1-3-13-31(14-4-1)39-29-25-33-17-11-23-43(45(33)49-39)51-41-21-9-7-19-35(41)37-27-28-38-36-20-8-10-22-42(36)52(48(38)47(37)51)44-24-12-18-34-26-30-40(50-46(34)44)32-15-5-2-6-16-32/h1-30H. The molecule has 4 aromatic heterocycles. The van der Waals surface area contributed by atoms with Crippen LogP contribution in [0.1, 0.15) is 0 Å². The predicted octanol–water partition coefficient (Wildman–Crippen LogP) is 12.3. The Kier molecular flexibility index (Phi) is 6.22. The monoisotopic (exact) mass is 662 g/mol. The topological polar surface area (TPSA) is 35.6 Å². The molecule has 0 bridgehead atoms. The van der Waals surface area contributed by atoms with Crippen LogP contribution in [0.15, 0.2) is 182 Å². The van der Waals surface area contributed by atoms with Crippen molar-refractivity contribution in [1.29, 1.82) is 0 Å². The van der Waals surface area contributed by atoms with Crippen molar-refractivity contribution in [1.82, 2.24) is 19.1 Å². The Morgan fingerprint density at radius 3 is 1.19 bits per heavy atom. The summed E-state index contributed by atoms with van der Waals surface area (Å²) < 4.78 is 4.89. The van der Waals surface area contributed by atoms with Crippen molar-refractivity contribution in [2.24, 2.45) is 0 Å². The first-order chi connectivity index (χ1) is 25.8. The molecule has 7 aromatic carbocycles. The van der Waals surface area contributed by atoms with E-state index in [1.807, 2.05) is 12.1 Å². The number of para-hydroxylation sites is 4. The molecule has 0 N–H and O–H groups in total. The summed E-state index contributed by atoms with van der Waals surface area (Å²) in [4.78, 5) is 10.7. The lowest BCUT2D eigenvalue weighted by molar-refractivity contribution is 1.15. The molecular weight excluding hydrogens is 633 g/mol. The number of rotatable bonds is 4. The van der Waals surface area contributed by atoms with E-state index >= 15 is 0 Å². The van der Waals surface area contributed by atoms with Crippen molar-refractivity contribution >= 4 is 65.4 Å². The molecule has 0 atom stereocenters. The quantitative estimate of drug-likeness (QED) is 0.188. The minimum Gasteiger partial charge on any atom is -0.305 e. The Hall–Kier alpha value is -7.04. The summed E-state index contributed by atoms with van der Waals surface area (Å²) in [5, 5.41) is 7.00. The third-order valence-corrected chi connectivity index (χ3v) is 10.5. The van der Waals surface area contributed by atoms with E-state index in [2.05, 4.69) is 179 Å². The molecule has 4 nitrogen and oxygen atoms in total. The van der Waals surface area contributed by atoms with Crippen LogP contribution in [0, 0.1) is 0 Å². The van der Waals surface area contributed by atoms with Crippen LogP contribution < -0.4 is 0 Å². The van der Waals surface area contributed by atoms with Gasteiger partial charge in [0.15, 0.2) is 0 Å². The van der Waals surface area contributed by atoms with Gasteiger partial charge in [0.1, 0.15) is 0 Å². The van der Waals surface area contributed by atoms with Crippen molar-refractivity contribution < 1.29 is 0 Å². The van der Waals surface area contributed by atoms with Gasteiger partial charge in [-0.15, -0.1) is 0 Å². The zero-order valence-corrected chi connectivity index (χ0v) is 28.1. The molecule has 0 spiro atoms. The molecule has 242 valence electrons. The van der Waals surface area contributed by atoms with Gasteiger partial charge in [0.2, 0.25) is 0 Å². The van der Waals surface area contributed by atoms with Crippen molar-refractivity contribution in [2.75, 3.05) is 0 Å². The summed E-state index contributed by atoms with van der Waals surface area (Å²) in [5.41, 5.74) is 12.7. The molecule has 0 unspecified atom stereocenters. The second kappa shape index (κ2) is 11.2. The van der Waals surface area contributed by atoms with E-state index in [1.165, 1.54) is 21.5 Å². The Morgan fingerprint density at radius 2 is 0.731 bits per heavy atom. The van der Waals surface area contributed by atoms with E-state index in [9.17, 15) is 0 Å². The summed E-state index contributed by atoms with van der Waals surface area (Å²) in [6.07, 6.45) is 0. The lowest BCUT2D eigenvalue weighted by atomic mass is 10.1. The van der Waals surface area contributed by atoms with Crippen molar-refractivity contribution in [3.05, 3.63) is 182 Å². The highest BCUT2D eigenvalue weighted by Gasteiger charge is 2.23. The van der Waals surface area contributed by atoms with Gasteiger partial charge in [0.05, 0.1) is 55.9 Å². The number of pyridine rings is 2. The van der Waals surface area contributed by atoms with E-state index in [0.717, 1.165) is 77.8 Å². The second-order valence-electron chi connectivity index (χ2n) is 13.4. The number of aromatic nitrogens is 4. The molecule has 0 aliphatic heterocycles. The van der Waals surface area contributed by atoms with Gasteiger partial charge in [-0.25, -0.2) is 9.97 Å². The zero-order valence-electron chi connectivity index (χ0n) is 28.1. The smallest absolute Gasteiger partial charge is 0.0949 e. The molecule has 0 aliphatic rings. The van der Waals surface area contributed by atoms with E-state index in [-0.39, 0.29) is 0 Å². The maximum absolute atomic E-state index is 5.36. The number of hydrogen-bond donors (Lipinski definition) is 0. The number of fused-ring (bicyclic) bond motifs is 9. The molecule has 4 heteroatoms. The number of benzene rings is 7. The van der Waals surface area contributed by atoms with Gasteiger partial charge in [-0.3, -0.25) is 0 Å². The largest absolute Gasteiger partial charge is 0.305 e. The van der Waals surface area contributed by atoms with Gasteiger partial charge in [-0.05, 0) is 36.4 Å². The van der Waals surface area contributed by atoms with Crippen LogP contribution in [-0.4, -0.2) is 19.1 Å². The normalized spacial score (nSPS) is 11.8. The second-order valence-corrected chi connectivity index (χ2v) is 13.4. The van der Waals surface area contributed by atoms with Crippen LogP contribution in [0.2, 0.25) is 0 Å². The van der Waals surface area contributed by atoms with Crippen LogP contribution in [0.25, 0.3) is 99.3 Å². The first kappa shape index (κ1) is 28.8. The third-order valence-electron chi connectivity index (χ3n) is 10.5. The molecule has 0 radical (unpaired) electrons. The minimum absolute atomic E-state index is 0.955. The highest BCUT2D eigenvalue weighted by atomic mass is 15.1. The van der Waals surface area contributed by atoms with Gasteiger partial charge in [0.25, 0.3) is 0 Å². The van der Waals surface area contributed by atoms with Gasteiger partial charge in [-0.1, -0.05) is 146 Å². The van der Waals surface area contributed by atoms with Crippen LogP contribution in [0.5, 0.6) is 0 Å². The van der Waals surface area contributed by atoms with Crippen molar-refractivity contribution in [2.45, 2.75) is 0 Å². The molecular formula is C48H30N4. The van der Waals surface area contributed by atoms with Crippen LogP contribution >= 0.6 is 0 Å². The predicted molar refractivity (Wildman–Crippen MR) is 217 cm³/mol. The van der Waals surface area contributed by atoms with Crippen molar-refractivity contribution in [3.8, 4) is 33.9 Å². The highest BCUT2D eigenvalue weighted by molar-refractivity contribution is 6.24. The summed E-state index contributed by atoms with van der Waals surface area (Å²) >= 11 is 0. The number of nitrogens with zero attached hydrogens (tertiary/aromatic N) is 4. The Bertz CT molecular complexity index is 2960. The summed E-state index contributed by atoms with van der Waals surface area (Å²) in [6.45, 7) is 0. The van der Waals surface area contributed by atoms with Gasteiger partial charge < -0.3 is 9.13 Å². The fourth-order valence-electron chi connectivity index (χ4n) is 8.16. The van der Waals surface area contributed by atoms with E-state index in [1.54, 1.807) is 0 Å². The Morgan fingerprint density at radius 1 is 0.308 bits per heavy atom. The maximum Gasteiger partial charge on any atom is 0.0949 e. The van der Waals surface area contributed by atoms with Crippen molar-refractivity contribution in [3.63, 3.8) is 0 Å². The molecule has 52 heavy (non-hydrogen) atoms. The summed E-state index contributed by atoms with van der Waals surface area (Å²) in [5.74, 6) is 0. The van der Waals surface area contributed by atoms with E-state index in [0.29, 0.717) is 0 Å². The molecule has 0 aliphatic carbocycles. The molecule has 0 saturated carbocycles. The zero-order chi connectivity index (χ0) is 34.2. The molecule has 4 heterocycles. The molecule has 0 saturated heterocycles. The Labute approximate surface area is 299 Å². The lowest BCUT2D eigenvalue weighted by Crippen LogP contribution is -2.01. The van der Waals surface area contributed by atoms with Gasteiger partial charge >= 0.3 is 0 Å². The molecule has 0 amide bonds. The van der Waals surface area contributed by atoms with Crippen LogP contribution in [0.4, 0.5) is 0 Å². The molecule has 11 aromatic rings. The van der Waals surface area contributed by atoms with Gasteiger partial charge in [0, 0.05) is 43.4 Å². The van der Waals surface area contributed by atoms with Gasteiger partial charge in [-0.2, -0.15) is 0 Å². The minimum atomic E-state index is 0.955. The fourth-order valence-corrected chi connectivity index (χ4v) is 8.16. The molecule has 0 fully saturated rings. The fraction of sp³-hybridized carbons (Fsp3) is 0. The third kappa shape index (κ3) is 4.21. The SMILES string of the molecule is c1ccc(-c2ccc3cccc(-n4c5ccccc5c5ccc6c7ccccc7n(-c7cccc8ccc(-c9ccccc9)nc78)c6c54)c3n2)cc1. The average Bonchev–Trinajstić information content (AvgIpc) is 3.74. The van der Waals surface area contributed by atoms with E-state index < -0.39 is 0 Å². The first-order valence-corrected chi connectivity index (χ1v) is 17.7. The average molecular weight is 663 g/mol. The molecule has 11 rings (SSSR count). The highest BCUT2D eigenvalue weighted by Crippen LogP contribution is 2.43. The van der Waals surface area contributed by atoms with Crippen LogP contribution in [-0.2, 0) is 0 Å². The summed E-state index contributed by atoms with van der Waals surface area (Å²) in [6, 6.07) is 64.7. The maximum atomic E-state index is 5.36. The first-order valence-electron chi connectivity index (χ1n) is 17.7. The summed E-state index contributed by atoms with van der Waals surface area (Å²) in [7, 11) is 0. The van der Waals surface area contributed by atoms with E-state index in [4.69, 9.17) is 9.97 Å². The Balaban J connectivity index is 1.30. The lowest BCUT2D eigenvalue weighted by Gasteiger charge is -2.15.